The molecule has 0 radical (unpaired) electrons. The van der Waals surface area contributed by atoms with Crippen molar-refractivity contribution < 1.29 is 14.7 Å². The molecular formula is C21H19N3O3S. The number of piperidine rings is 1. The quantitative estimate of drug-likeness (QED) is 0.689. The van der Waals surface area contributed by atoms with Gasteiger partial charge in [0.15, 0.2) is 0 Å². The fraction of sp³-hybridized carbons (Fsp3) is 0.333. The molecule has 3 aromatic rings. The number of hydrogen-bond donors (Lipinski definition) is 1. The Kier molecular flexibility index (Phi) is 3.47. The van der Waals surface area contributed by atoms with E-state index in [0.717, 1.165) is 26.2 Å². The third kappa shape index (κ3) is 2.32. The zero-order chi connectivity index (χ0) is 19.8. The highest BCUT2D eigenvalue weighted by Gasteiger charge is 2.72. The van der Waals surface area contributed by atoms with E-state index in [-0.39, 0.29) is 41.5 Å². The molecule has 2 amide bonds. The third-order valence-corrected chi connectivity index (χ3v) is 7.10. The molecule has 142 valence electrons. The molecule has 0 spiro atoms. The number of nitrogens with zero attached hydrogens (tertiary/aromatic N) is 3. The second-order valence-electron chi connectivity index (χ2n) is 8.21. The highest BCUT2D eigenvalue weighted by atomic mass is 32.1. The molecule has 2 atom stereocenters. The van der Waals surface area contributed by atoms with Crippen molar-refractivity contribution in [1.82, 2.24) is 14.9 Å². The standard InChI is InChI=1S/C21H19N3O3S/c1-10-6-13(18(25)23-8-10)12-4-5-22-14-7-11(28-17(12)14)9-24-19(26)15-16(20(24)27)21(15,2)3/h4-8,15-16H,9H2,1-3H3,(H,23,25). The number of hydrogen-bond acceptors (Lipinski definition) is 6. The zero-order valence-corrected chi connectivity index (χ0v) is 16.6. The molecule has 28 heavy (non-hydrogen) atoms. The second kappa shape index (κ2) is 5.61. The summed E-state index contributed by atoms with van der Waals surface area (Å²) < 4.78 is 0.907. The predicted octanol–water partition coefficient (Wildman–Crippen LogP) is 3.51. The van der Waals surface area contributed by atoms with Crippen molar-refractivity contribution in [2.75, 3.05) is 0 Å². The Bertz CT molecular complexity index is 1140. The SMILES string of the molecule is Cc1cnc(O)c(-c2ccnc3cc(CN4C(=O)C5C(C4=O)C5(C)C)sc23)c1. The Hall–Kier alpha value is -2.80. The van der Waals surface area contributed by atoms with Crippen LogP contribution in [-0.4, -0.2) is 31.8 Å². The molecule has 0 bridgehead atoms. The van der Waals surface area contributed by atoms with E-state index in [1.807, 2.05) is 39.0 Å². The molecule has 5 rings (SSSR count). The first-order valence-electron chi connectivity index (χ1n) is 9.17. The van der Waals surface area contributed by atoms with Gasteiger partial charge < -0.3 is 5.11 Å². The van der Waals surface area contributed by atoms with E-state index in [2.05, 4.69) is 9.97 Å². The van der Waals surface area contributed by atoms with Gasteiger partial charge in [-0.3, -0.25) is 19.5 Å². The number of fused-ring (bicyclic) bond motifs is 2. The van der Waals surface area contributed by atoms with Crippen LogP contribution in [0.25, 0.3) is 21.3 Å². The van der Waals surface area contributed by atoms with Crippen molar-refractivity contribution in [2.45, 2.75) is 27.3 Å². The van der Waals surface area contributed by atoms with E-state index in [9.17, 15) is 14.7 Å². The van der Waals surface area contributed by atoms with Crippen LogP contribution in [0.15, 0.2) is 30.6 Å². The van der Waals surface area contributed by atoms with Crippen molar-refractivity contribution in [3.05, 3.63) is 41.0 Å². The first kappa shape index (κ1) is 17.3. The van der Waals surface area contributed by atoms with E-state index >= 15 is 0 Å². The minimum atomic E-state index is -0.199. The molecule has 1 aliphatic heterocycles. The number of pyridine rings is 2. The maximum Gasteiger partial charge on any atom is 0.234 e. The van der Waals surface area contributed by atoms with Gasteiger partial charge in [-0.2, -0.15) is 0 Å². The molecule has 6 nitrogen and oxygen atoms in total. The van der Waals surface area contributed by atoms with E-state index in [1.165, 1.54) is 16.2 Å². The van der Waals surface area contributed by atoms with Crippen LogP contribution in [0.1, 0.15) is 24.3 Å². The van der Waals surface area contributed by atoms with Gasteiger partial charge in [0.2, 0.25) is 17.7 Å². The number of likely N-dealkylation sites (tertiary alicyclic amines) is 1. The number of carbonyl (C=O) groups is 2. The molecule has 3 aromatic heterocycles. The Balaban J connectivity index is 1.51. The molecule has 1 saturated carbocycles. The van der Waals surface area contributed by atoms with E-state index in [1.54, 1.807) is 12.4 Å². The lowest BCUT2D eigenvalue weighted by Gasteiger charge is -2.19. The number of carbonyl (C=O) groups excluding carboxylic acids is 2. The molecule has 0 aromatic carbocycles. The van der Waals surface area contributed by atoms with Crippen molar-refractivity contribution in [3.8, 4) is 17.0 Å². The van der Waals surface area contributed by atoms with Crippen LogP contribution in [0.4, 0.5) is 0 Å². The molecule has 4 heterocycles. The van der Waals surface area contributed by atoms with Crippen LogP contribution in [0, 0.1) is 24.2 Å². The second-order valence-corrected chi connectivity index (χ2v) is 9.35. The number of aromatic hydroxyl groups is 1. The lowest BCUT2D eigenvalue weighted by Crippen LogP contribution is -2.35. The molecule has 1 saturated heterocycles. The average Bonchev–Trinajstić information content (AvgIpc) is 2.91. The van der Waals surface area contributed by atoms with Gasteiger partial charge in [0.25, 0.3) is 0 Å². The Morgan fingerprint density at radius 1 is 1.14 bits per heavy atom. The Morgan fingerprint density at radius 2 is 1.86 bits per heavy atom. The fourth-order valence-electron chi connectivity index (χ4n) is 4.35. The summed E-state index contributed by atoms with van der Waals surface area (Å²) in [7, 11) is 0. The number of aromatic nitrogens is 2. The Labute approximate surface area is 165 Å². The lowest BCUT2D eigenvalue weighted by molar-refractivity contribution is -0.143. The van der Waals surface area contributed by atoms with Gasteiger partial charge >= 0.3 is 0 Å². The molecule has 1 N–H and O–H groups in total. The molecule has 2 fully saturated rings. The topological polar surface area (TPSA) is 83.4 Å². The van der Waals surface area contributed by atoms with Gasteiger partial charge in [0.1, 0.15) is 0 Å². The van der Waals surface area contributed by atoms with Crippen LogP contribution in [-0.2, 0) is 16.1 Å². The number of rotatable bonds is 3. The summed E-state index contributed by atoms with van der Waals surface area (Å²) in [6, 6.07) is 5.65. The lowest BCUT2D eigenvalue weighted by atomic mass is 10.1. The number of thiophene rings is 1. The third-order valence-electron chi connectivity index (χ3n) is 5.96. The van der Waals surface area contributed by atoms with Crippen molar-refractivity contribution in [2.24, 2.45) is 17.3 Å². The monoisotopic (exact) mass is 393 g/mol. The van der Waals surface area contributed by atoms with Gasteiger partial charge in [-0.25, -0.2) is 4.98 Å². The number of aryl methyl sites for hydroxylation is 1. The zero-order valence-electron chi connectivity index (χ0n) is 15.8. The largest absolute Gasteiger partial charge is 0.493 e. The summed E-state index contributed by atoms with van der Waals surface area (Å²) in [6.45, 7) is 6.16. The summed E-state index contributed by atoms with van der Waals surface area (Å²) in [5.41, 5.74) is 3.03. The first-order chi connectivity index (χ1) is 13.3. The van der Waals surface area contributed by atoms with Crippen LogP contribution in [0.5, 0.6) is 5.88 Å². The van der Waals surface area contributed by atoms with Crippen LogP contribution in [0.3, 0.4) is 0 Å². The smallest absolute Gasteiger partial charge is 0.234 e. The maximum atomic E-state index is 12.6. The minimum Gasteiger partial charge on any atom is -0.493 e. The predicted molar refractivity (Wildman–Crippen MR) is 106 cm³/mol. The first-order valence-corrected chi connectivity index (χ1v) is 9.99. The number of amides is 2. The Morgan fingerprint density at radius 3 is 2.57 bits per heavy atom. The average molecular weight is 393 g/mol. The summed E-state index contributed by atoms with van der Waals surface area (Å²) in [6.07, 6.45) is 3.31. The van der Waals surface area contributed by atoms with Crippen molar-refractivity contribution in [3.63, 3.8) is 0 Å². The van der Waals surface area contributed by atoms with Gasteiger partial charge in [0, 0.05) is 28.4 Å². The maximum absolute atomic E-state index is 12.6. The van der Waals surface area contributed by atoms with Crippen molar-refractivity contribution >= 4 is 33.4 Å². The summed E-state index contributed by atoms with van der Waals surface area (Å²) in [5.74, 6) is -0.491. The molecule has 7 heteroatoms. The van der Waals surface area contributed by atoms with Crippen LogP contribution >= 0.6 is 11.3 Å². The van der Waals surface area contributed by atoms with E-state index < -0.39 is 0 Å². The van der Waals surface area contributed by atoms with Crippen LogP contribution < -0.4 is 0 Å². The van der Waals surface area contributed by atoms with E-state index in [4.69, 9.17) is 0 Å². The van der Waals surface area contributed by atoms with E-state index in [0.29, 0.717) is 5.56 Å². The van der Waals surface area contributed by atoms with Crippen molar-refractivity contribution in [1.29, 1.82) is 0 Å². The highest BCUT2D eigenvalue weighted by Crippen LogP contribution is 2.63. The minimum absolute atomic E-state index is 0.0275. The van der Waals surface area contributed by atoms with Gasteiger partial charge in [0.05, 0.1) is 28.6 Å². The van der Waals surface area contributed by atoms with Crippen LogP contribution in [0.2, 0.25) is 0 Å². The highest BCUT2D eigenvalue weighted by molar-refractivity contribution is 7.19. The van der Waals surface area contributed by atoms with Gasteiger partial charge in [-0.05, 0) is 36.1 Å². The molecule has 2 aliphatic rings. The molecular weight excluding hydrogens is 374 g/mol. The molecule has 1 aliphatic carbocycles. The normalized spacial score (nSPS) is 22.8. The summed E-state index contributed by atoms with van der Waals surface area (Å²) in [4.78, 5) is 36.0. The number of imide groups is 1. The van der Waals surface area contributed by atoms with Gasteiger partial charge in [-0.1, -0.05) is 13.8 Å². The van der Waals surface area contributed by atoms with Gasteiger partial charge in [-0.15, -0.1) is 11.3 Å². The fourth-order valence-corrected chi connectivity index (χ4v) is 5.48. The summed E-state index contributed by atoms with van der Waals surface area (Å²) in [5, 5.41) is 10.2. The summed E-state index contributed by atoms with van der Waals surface area (Å²) >= 11 is 1.49. The molecule has 2 unspecified atom stereocenters.